The van der Waals surface area contributed by atoms with E-state index >= 15 is 0 Å². The lowest BCUT2D eigenvalue weighted by Crippen LogP contribution is -2.74. The number of carbonyl (C=O) groups is 3. The monoisotopic (exact) mass is 563 g/mol. The van der Waals surface area contributed by atoms with Gasteiger partial charge in [-0.25, -0.2) is 9.59 Å². The van der Waals surface area contributed by atoms with E-state index in [0.29, 0.717) is 29.9 Å². The molecule has 41 heavy (non-hydrogen) atoms. The van der Waals surface area contributed by atoms with Gasteiger partial charge in [0.1, 0.15) is 5.76 Å². The van der Waals surface area contributed by atoms with Crippen LogP contribution in [0.2, 0.25) is 0 Å². The van der Waals surface area contributed by atoms with Crippen molar-refractivity contribution in [3.63, 3.8) is 0 Å². The first kappa shape index (κ1) is 27.3. The Kier molecular flexibility index (Phi) is 6.58. The van der Waals surface area contributed by atoms with Crippen molar-refractivity contribution in [2.24, 2.45) is 0 Å². The molecule has 6 rings (SSSR count). The smallest absolute Gasteiger partial charge is 0.353 e. The second-order valence-electron chi connectivity index (χ2n) is 11.2. The SMILES string of the molecule is COc1ccc2c3c1O[C@H]1C(OC(=O)[C@H](C)OC(=O)[C@@H](OC(C)=O)c4ccccc4)=CC[C@@]4(O)[C@H](C2)N(C)CC[C@]314. The van der Waals surface area contributed by atoms with E-state index < -0.39 is 47.2 Å². The van der Waals surface area contributed by atoms with E-state index in [2.05, 4.69) is 4.90 Å². The van der Waals surface area contributed by atoms with E-state index in [1.807, 2.05) is 19.2 Å². The molecule has 0 unspecified atom stereocenters. The topological polar surface area (TPSA) is 121 Å². The molecule has 2 bridgehead atoms. The zero-order valence-corrected chi connectivity index (χ0v) is 23.4. The molecule has 10 nitrogen and oxygen atoms in total. The van der Waals surface area contributed by atoms with Crippen LogP contribution in [0.15, 0.2) is 54.3 Å². The first-order valence-electron chi connectivity index (χ1n) is 13.7. The maximum Gasteiger partial charge on any atom is 0.353 e. The van der Waals surface area contributed by atoms with Gasteiger partial charge in [-0.1, -0.05) is 36.4 Å². The van der Waals surface area contributed by atoms with Crippen LogP contribution in [0.25, 0.3) is 0 Å². The van der Waals surface area contributed by atoms with Gasteiger partial charge in [0.15, 0.2) is 23.7 Å². The van der Waals surface area contributed by atoms with Crippen molar-refractivity contribution in [1.82, 2.24) is 4.90 Å². The highest BCUT2D eigenvalue weighted by atomic mass is 16.6. The minimum Gasteiger partial charge on any atom is -0.493 e. The molecule has 0 saturated carbocycles. The minimum absolute atomic E-state index is 0.140. The molecule has 2 aromatic rings. The number of methoxy groups -OCH3 is 1. The van der Waals surface area contributed by atoms with Crippen LogP contribution < -0.4 is 9.47 Å². The van der Waals surface area contributed by atoms with Gasteiger partial charge >= 0.3 is 17.9 Å². The summed E-state index contributed by atoms with van der Waals surface area (Å²) in [5.74, 6) is -0.998. The number of benzene rings is 2. The number of rotatable bonds is 7. The summed E-state index contributed by atoms with van der Waals surface area (Å²) in [7, 11) is 3.59. The van der Waals surface area contributed by atoms with Crippen molar-refractivity contribution in [1.29, 1.82) is 0 Å². The van der Waals surface area contributed by atoms with Gasteiger partial charge < -0.3 is 33.7 Å². The fraction of sp³-hybridized carbons (Fsp3) is 0.452. The van der Waals surface area contributed by atoms with Crippen molar-refractivity contribution < 1.29 is 43.2 Å². The van der Waals surface area contributed by atoms with E-state index in [-0.39, 0.29) is 18.2 Å². The van der Waals surface area contributed by atoms with E-state index in [1.54, 1.807) is 43.5 Å². The number of likely N-dealkylation sites (tertiary alicyclic amines) is 1. The van der Waals surface area contributed by atoms with Crippen LogP contribution in [-0.4, -0.2) is 72.5 Å². The molecular formula is C31H33NO9. The zero-order valence-electron chi connectivity index (χ0n) is 23.4. The number of hydrogen-bond acceptors (Lipinski definition) is 10. The average Bonchev–Trinajstić information content (AvgIpc) is 3.31. The summed E-state index contributed by atoms with van der Waals surface area (Å²) >= 11 is 0. The number of aliphatic hydroxyl groups is 1. The van der Waals surface area contributed by atoms with Crippen LogP contribution in [0.3, 0.4) is 0 Å². The number of piperidine rings is 1. The highest BCUT2D eigenvalue weighted by molar-refractivity contribution is 5.84. The maximum absolute atomic E-state index is 13.3. The molecule has 2 aromatic carbocycles. The lowest BCUT2D eigenvalue weighted by molar-refractivity contribution is -0.180. The van der Waals surface area contributed by atoms with Crippen molar-refractivity contribution in [2.45, 2.75) is 68.5 Å². The number of esters is 3. The summed E-state index contributed by atoms with van der Waals surface area (Å²) in [6.45, 7) is 3.32. The Balaban J connectivity index is 1.27. The van der Waals surface area contributed by atoms with Gasteiger partial charge in [-0.15, -0.1) is 0 Å². The molecule has 2 aliphatic carbocycles. The summed E-state index contributed by atoms with van der Waals surface area (Å²) in [6, 6.07) is 12.2. The molecule has 1 fully saturated rings. The fourth-order valence-electron chi connectivity index (χ4n) is 7.12. The van der Waals surface area contributed by atoms with Crippen molar-refractivity contribution >= 4 is 17.9 Å². The third kappa shape index (κ3) is 4.03. The minimum atomic E-state index is -1.33. The Hall–Kier alpha value is -3.89. The summed E-state index contributed by atoms with van der Waals surface area (Å²) in [4.78, 5) is 40.1. The molecule has 0 amide bonds. The molecule has 216 valence electrons. The lowest BCUT2D eigenvalue weighted by atomic mass is 9.50. The van der Waals surface area contributed by atoms with E-state index in [1.165, 1.54) is 13.8 Å². The number of carbonyl (C=O) groups excluding carboxylic acids is 3. The van der Waals surface area contributed by atoms with E-state index in [0.717, 1.165) is 17.7 Å². The molecule has 0 radical (unpaired) electrons. The third-order valence-corrected chi connectivity index (χ3v) is 9.00. The maximum atomic E-state index is 13.3. The van der Waals surface area contributed by atoms with Crippen molar-refractivity contribution in [3.05, 3.63) is 71.0 Å². The van der Waals surface area contributed by atoms with E-state index in [4.69, 9.17) is 23.7 Å². The van der Waals surface area contributed by atoms with Gasteiger partial charge in [0.25, 0.3) is 0 Å². The first-order valence-corrected chi connectivity index (χ1v) is 13.7. The molecule has 2 aliphatic heterocycles. The molecule has 1 saturated heterocycles. The summed E-state index contributed by atoms with van der Waals surface area (Å²) in [5.41, 5.74) is 0.437. The predicted octanol–water partition coefficient (Wildman–Crippen LogP) is 2.75. The van der Waals surface area contributed by atoms with Gasteiger partial charge in [0.2, 0.25) is 6.10 Å². The number of likely N-dealkylation sites (N-methyl/N-ethyl adjacent to an activating group) is 1. The van der Waals surface area contributed by atoms with E-state index in [9.17, 15) is 19.5 Å². The van der Waals surface area contributed by atoms with Crippen molar-refractivity contribution in [3.8, 4) is 11.5 Å². The molecule has 1 spiro atoms. The summed E-state index contributed by atoms with van der Waals surface area (Å²) in [6.07, 6.45) is -0.189. The molecule has 4 aliphatic rings. The molecule has 2 heterocycles. The molecule has 0 aromatic heterocycles. The lowest BCUT2D eigenvalue weighted by Gasteiger charge is -2.61. The fourth-order valence-corrected chi connectivity index (χ4v) is 7.12. The van der Waals surface area contributed by atoms with Gasteiger partial charge in [0, 0.05) is 30.5 Å². The third-order valence-electron chi connectivity index (χ3n) is 9.00. The van der Waals surface area contributed by atoms with Gasteiger partial charge in [0.05, 0.1) is 18.1 Å². The first-order chi connectivity index (χ1) is 19.6. The molecule has 1 N–H and O–H groups in total. The Morgan fingerprint density at radius 1 is 1.10 bits per heavy atom. The van der Waals surface area contributed by atoms with Crippen LogP contribution >= 0.6 is 0 Å². The normalized spacial score (nSPS) is 28.8. The number of hydrogen-bond donors (Lipinski definition) is 1. The van der Waals surface area contributed by atoms with Crippen LogP contribution in [-0.2, 0) is 40.4 Å². The van der Waals surface area contributed by atoms with Gasteiger partial charge in [-0.2, -0.15) is 0 Å². The van der Waals surface area contributed by atoms with Crippen molar-refractivity contribution in [2.75, 3.05) is 20.7 Å². The Bertz CT molecular complexity index is 1440. The quantitative estimate of drug-likeness (QED) is 0.398. The average molecular weight is 564 g/mol. The van der Waals surface area contributed by atoms with Crippen LogP contribution in [0.5, 0.6) is 11.5 Å². The number of ether oxygens (including phenoxy) is 5. The summed E-state index contributed by atoms with van der Waals surface area (Å²) in [5, 5.41) is 12.3. The molecule has 10 heteroatoms. The van der Waals surface area contributed by atoms with Crippen LogP contribution in [0.4, 0.5) is 0 Å². The summed E-state index contributed by atoms with van der Waals surface area (Å²) < 4.78 is 28.6. The largest absolute Gasteiger partial charge is 0.493 e. The molecular weight excluding hydrogens is 530 g/mol. The standard InChI is InChI=1S/C31H33NO9/c1-17(38-29(35)25(39-18(2)33)19-8-6-5-7-9-19)28(34)40-22-12-13-31(36)23-16-20-10-11-21(37-4)26-24(20)30(31,27(22)41-26)14-15-32(23)3/h5-12,17,23,25,27,36H,13-16H2,1-4H3/t17-,23-,25-,27-,30-,31+/m0/s1. The molecule has 6 atom stereocenters. The highest BCUT2D eigenvalue weighted by Crippen LogP contribution is 2.65. The second-order valence-corrected chi connectivity index (χ2v) is 11.2. The van der Waals surface area contributed by atoms with Crippen LogP contribution in [0.1, 0.15) is 49.5 Å². The Labute approximate surface area is 237 Å². The second kappa shape index (κ2) is 9.88. The number of nitrogens with zero attached hydrogens (tertiary/aromatic N) is 1. The van der Waals surface area contributed by atoms with Gasteiger partial charge in [-0.3, -0.25) is 4.79 Å². The van der Waals surface area contributed by atoms with Gasteiger partial charge in [-0.05, 0) is 51.1 Å². The Morgan fingerprint density at radius 3 is 2.56 bits per heavy atom. The predicted molar refractivity (Wildman–Crippen MR) is 144 cm³/mol. The van der Waals surface area contributed by atoms with Crippen LogP contribution in [0, 0.1) is 0 Å². The zero-order chi connectivity index (χ0) is 29.1. The Morgan fingerprint density at radius 2 is 1.85 bits per heavy atom. The highest BCUT2D eigenvalue weighted by Gasteiger charge is 2.72.